The van der Waals surface area contributed by atoms with Gasteiger partial charge in [0, 0.05) is 4.90 Å². The maximum Gasteiger partial charge on any atom is 0.254 e. The SMILES string of the molecule is COc1ccc([C@H]2Sc3ccccc3NC(=O)[C@H]2O)cc1. The number of carbonyl (C=O) groups excluding carboxylic acids is 1. The highest BCUT2D eigenvalue weighted by molar-refractivity contribution is 7.99. The molecule has 1 aliphatic heterocycles. The standard InChI is InChI=1S/C16H15NO3S/c1-20-11-8-6-10(7-9-11)15-14(18)16(19)17-12-4-2-3-5-13(12)21-15/h2-9,14-15,18H,1H3,(H,17,19)/t14-,15+/m0/s1. The van der Waals surface area contributed by atoms with Crippen LogP contribution in [0.1, 0.15) is 10.8 Å². The van der Waals surface area contributed by atoms with Crippen molar-refractivity contribution in [1.29, 1.82) is 0 Å². The minimum Gasteiger partial charge on any atom is -0.497 e. The Balaban J connectivity index is 1.98. The number of methoxy groups -OCH3 is 1. The predicted molar refractivity (Wildman–Crippen MR) is 82.7 cm³/mol. The number of amides is 1. The fourth-order valence-corrected chi connectivity index (χ4v) is 3.48. The molecule has 0 spiro atoms. The van der Waals surface area contributed by atoms with E-state index in [2.05, 4.69) is 5.32 Å². The summed E-state index contributed by atoms with van der Waals surface area (Å²) in [4.78, 5) is 13.0. The number of aliphatic hydroxyl groups excluding tert-OH is 1. The molecule has 1 aliphatic rings. The molecule has 0 aromatic heterocycles. The maximum absolute atomic E-state index is 12.1. The molecule has 0 unspecified atom stereocenters. The lowest BCUT2D eigenvalue weighted by atomic mass is 10.1. The highest BCUT2D eigenvalue weighted by atomic mass is 32.2. The zero-order chi connectivity index (χ0) is 14.8. The number of hydrogen-bond acceptors (Lipinski definition) is 4. The van der Waals surface area contributed by atoms with Crippen LogP contribution in [0.3, 0.4) is 0 Å². The Hall–Kier alpha value is -1.98. The molecule has 5 heteroatoms. The average molecular weight is 301 g/mol. The second-order valence-corrected chi connectivity index (χ2v) is 5.93. The maximum atomic E-state index is 12.1. The van der Waals surface area contributed by atoms with E-state index in [9.17, 15) is 9.90 Å². The fourth-order valence-electron chi connectivity index (χ4n) is 2.26. The number of rotatable bonds is 2. The second kappa shape index (κ2) is 5.79. The molecule has 3 rings (SSSR count). The Labute approximate surface area is 127 Å². The lowest BCUT2D eigenvalue weighted by Gasteiger charge is -2.19. The normalized spacial score (nSPS) is 21.1. The number of ether oxygens (including phenoxy) is 1. The van der Waals surface area contributed by atoms with Crippen LogP contribution in [-0.4, -0.2) is 24.2 Å². The van der Waals surface area contributed by atoms with E-state index in [1.807, 2.05) is 48.5 Å². The first kappa shape index (κ1) is 14.0. The van der Waals surface area contributed by atoms with Gasteiger partial charge in [-0.15, -0.1) is 11.8 Å². The molecule has 2 atom stereocenters. The summed E-state index contributed by atoms with van der Waals surface area (Å²) in [5.41, 5.74) is 1.63. The van der Waals surface area contributed by atoms with Crippen LogP contribution in [0.25, 0.3) is 0 Å². The van der Waals surface area contributed by atoms with Gasteiger partial charge in [0.1, 0.15) is 11.9 Å². The molecule has 108 valence electrons. The molecular weight excluding hydrogens is 286 g/mol. The van der Waals surface area contributed by atoms with E-state index in [-0.39, 0.29) is 11.2 Å². The summed E-state index contributed by atoms with van der Waals surface area (Å²) < 4.78 is 5.14. The third-order valence-corrected chi connectivity index (χ3v) is 4.79. The molecule has 0 radical (unpaired) electrons. The number of hydrogen-bond donors (Lipinski definition) is 2. The first-order valence-corrected chi connectivity index (χ1v) is 7.45. The Morgan fingerprint density at radius 2 is 1.86 bits per heavy atom. The van der Waals surface area contributed by atoms with Crippen molar-refractivity contribution in [3.8, 4) is 5.75 Å². The van der Waals surface area contributed by atoms with Crippen molar-refractivity contribution in [2.75, 3.05) is 12.4 Å². The monoisotopic (exact) mass is 301 g/mol. The van der Waals surface area contributed by atoms with Crippen molar-refractivity contribution in [2.24, 2.45) is 0 Å². The van der Waals surface area contributed by atoms with E-state index in [1.54, 1.807) is 7.11 Å². The number of fused-ring (bicyclic) bond motifs is 1. The summed E-state index contributed by atoms with van der Waals surface area (Å²) >= 11 is 1.48. The van der Waals surface area contributed by atoms with Crippen LogP contribution in [0.15, 0.2) is 53.4 Å². The summed E-state index contributed by atoms with van der Waals surface area (Å²) in [7, 11) is 1.61. The minimum absolute atomic E-state index is 0.348. The molecule has 0 fully saturated rings. The van der Waals surface area contributed by atoms with Gasteiger partial charge in [0.05, 0.1) is 18.0 Å². The van der Waals surface area contributed by atoms with Gasteiger partial charge < -0.3 is 15.2 Å². The van der Waals surface area contributed by atoms with E-state index >= 15 is 0 Å². The molecule has 2 aromatic rings. The molecule has 1 amide bonds. The number of para-hydroxylation sites is 1. The van der Waals surface area contributed by atoms with E-state index in [1.165, 1.54) is 11.8 Å². The van der Waals surface area contributed by atoms with Crippen molar-refractivity contribution >= 4 is 23.4 Å². The van der Waals surface area contributed by atoms with Crippen molar-refractivity contribution in [2.45, 2.75) is 16.2 Å². The van der Waals surface area contributed by atoms with E-state index in [0.29, 0.717) is 0 Å². The van der Waals surface area contributed by atoms with Gasteiger partial charge in [-0.1, -0.05) is 24.3 Å². The Kier molecular flexibility index (Phi) is 3.86. The highest BCUT2D eigenvalue weighted by Gasteiger charge is 2.32. The Morgan fingerprint density at radius 1 is 1.14 bits per heavy atom. The quantitative estimate of drug-likeness (QED) is 0.895. The van der Waals surface area contributed by atoms with Gasteiger partial charge >= 0.3 is 0 Å². The van der Waals surface area contributed by atoms with Gasteiger partial charge in [0.15, 0.2) is 0 Å². The smallest absolute Gasteiger partial charge is 0.254 e. The molecule has 21 heavy (non-hydrogen) atoms. The van der Waals surface area contributed by atoms with Crippen molar-refractivity contribution in [3.63, 3.8) is 0 Å². The lowest BCUT2D eigenvalue weighted by Crippen LogP contribution is -2.30. The Bertz CT molecular complexity index is 657. The van der Waals surface area contributed by atoms with Crippen LogP contribution in [0, 0.1) is 0 Å². The number of thioether (sulfide) groups is 1. The van der Waals surface area contributed by atoms with E-state index < -0.39 is 6.10 Å². The van der Waals surface area contributed by atoms with Crippen LogP contribution >= 0.6 is 11.8 Å². The van der Waals surface area contributed by atoms with Crippen molar-refractivity contribution in [3.05, 3.63) is 54.1 Å². The average Bonchev–Trinajstić information content (AvgIpc) is 2.65. The number of nitrogens with one attached hydrogen (secondary N) is 1. The second-order valence-electron chi connectivity index (χ2n) is 4.74. The Morgan fingerprint density at radius 3 is 2.57 bits per heavy atom. The summed E-state index contributed by atoms with van der Waals surface area (Å²) in [5.74, 6) is 0.366. The zero-order valence-electron chi connectivity index (χ0n) is 11.4. The predicted octanol–water partition coefficient (Wildman–Crippen LogP) is 2.84. The first-order valence-electron chi connectivity index (χ1n) is 6.57. The van der Waals surface area contributed by atoms with Gasteiger partial charge in [-0.2, -0.15) is 0 Å². The van der Waals surface area contributed by atoms with Crippen molar-refractivity contribution in [1.82, 2.24) is 0 Å². The lowest BCUT2D eigenvalue weighted by molar-refractivity contribution is -0.124. The van der Waals surface area contributed by atoms with Gasteiger partial charge in [0.2, 0.25) is 0 Å². The topological polar surface area (TPSA) is 58.6 Å². The summed E-state index contributed by atoms with van der Waals surface area (Å²) in [6.45, 7) is 0. The number of carbonyl (C=O) groups is 1. The number of anilines is 1. The largest absolute Gasteiger partial charge is 0.497 e. The van der Waals surface area contributed by atoms with Gasteiger partial charge in [-0.25, -0.2) is 0 Å². The molecule has 4 nitrogen and oxygen atoms in total. The van der Waals surface area contributed by atoms with Crippen molar-refractivity contribution < 1.29 is 14.6 Å². The van der Waals surface area contributed by atoms with Crippen LogP contribution in [-0.2, 0) is 4.79 Å². The van der Waals surface area contributed by atoms with Crippen LogP contribution < -0.4 is 10.1 Å². The minimum atomic E-state index is -1.10. The molecule has 0 bridgehead atoms. The van der Waals surface area contributed by atoms with E-state index in [0.717, 1.165) is 21.9 Å². The summed E-state index contributed by atoms with van der Waals surface area (Å²) in [5, 5.41) is 12.7. The zero-order valence-corrected chi connectivity index (χ0v) is 12.3. The summed E-state index contributed by atoms with van der Waals surface area (Å²) in [6.07, 6.45) is -1.10. The van der Waals surface area contributed by atoms with Gasteiger partial charge in [-0.05, 0) is 29.8 Å². The van der Waals surface area contributed by atoms with Crippen LogP contribution in [0.4, 0.5) is 5.69 Å². The molecule has 0 saturated carbocycles. The van der Waals surface area contributed by atoms with Crippen LogP contribution in [0.2, 0.25) is 0 Å². The number of aliphatic hydroxyl groups is 1. The number of benzene rings is 2. The van der Waals surface area contributed by atoms with Gasteiger partial charge in [-0.3, -0.25) is 4.79 Å². The molecule has 0 aliphatic carbocycles. The highest BCUT2D eigenvalue weighted by Crippen LogP contribution is 2.43. The molecule has 2 N–H and O–H groups in total. The molecule has 0 saturated heterocycles. The molecule has 1 heterocycles. The van der Waals surface area contributed by atoms with Crippen LogP contribution in [0.5, 0.6) is 5.75 Å². The molecular formula is C16H15NO3S. The fraction of sp³-hybridized carbons (Fsp3) is 0.188. The third kappa shape index (κ3) is 2.75. The first-order chi connectivity index (χ1) is 10.2. The van der Waals surface area contributed by atoms with Gasteiger partial charge in [0.25, 0.3) is 5.91 Å². The third-order valence-electron chi connectivity index (χ3n) is 3.40. The van der Waals surface area contributed by atoms with E-state index in [4.69, 9.17) is 4.74 Å². The molecule has 2 aromatic carbocycles. The summed E-state index contributed by atoms with van der Waals surface area (Å²) in [6, 6.07) is 15.0.